The highest BCUT2D eigenvalue weighted by molar-refractivity contribution is 6.31. The number of carbonyl (C=O) groups excluding carboxylic acids is 1. The summed E-state index contributed by atoms with van der Waals surface area (Å²) < 4.78 is 13.4. The maximum Gasteiger partial charge on any atom is 0.228 e. The van der Waals surface area contributed by atoms with Crippen LogP contribution in [0.2, 0.25) is 5.02 Å². The van der Waals surface area contributed by atoms with E-state index in [1.54, 1.807) is 13.0 Å². The van der Waals surface area contributed by atoms with Crippen LogP contribution in [0, 0.1) is 11.7 Å². The van der Waals surface area contributed by atoms with Gasteiger partial charge in [0, 0.05) is 12.5 Å². The summed E-state index contributed by atoms with van der Waals surface area (Å²) in [5.41, 5.74) is 5.39. The van der Waals surface area contributed by atoms with Gasteiger partial charge in [-0.2, -0.15) is 0 Å². The Morgan fingerprint density at radius 3 is 2.93 bits per heavy atom. The second-order valence-electron chi connectivity index (χ2n) is 3.23. The zero-order valence-electron chi connectivity index (χ0n) is 8.26. The molecule has 1 rings (SSSR count). The van der Waals surface area contributed by atoms with Crippen molar-refractivity contribution in [3.05, 3.63) is 29.0 Å². The number of hydrogen-bond acceptors (Lipinski definition) is 2. The number of hydrogen-bond donors (Lipinski definition) is 2. The fourth-order valence-electron chi connectivity index (χ4n) is 0.963. The van der Waals surface area contributed by atoms with E-state index >= 15 is 0 Å². The molecule has 0 aliphatic carbocycles. The molecule has 0 fully saturated rings. The number of nitrogens with one attached hydrogen (secondary N) is 1. The van der Waals surface area contributed by atoms with Gasteiger partial charge in [-0.15, -0.1) is 0 Å². The summed E-state index contributed by atoms with van der Waals surface area (Å²) in [6.45, 7) is 1.88. The molecule has 1 aromatic rings. The smallest absolute Gasteiger partial charge is 0.228 e. The van der Waals surface area contributed by atoms with Crippen LogP contribution in [0.4, 0.5) is 10.1 Å². The predicted molar refractivity (Wildman–Crippen MR) is 58.3 cm³/mol. The SMILES string of the molecule is CC(CN)C(=O)Nc1cccc(Cl)c1F. The fraction of sp³-hybridized carbons (Fsp3) is 0.300. The molecule has 1 atom stereocenters. The van der Waals surface area contributed by atoms with Crippen molar-refractivity contribution in [1.29, 1.82) is 0 Å². The Morgan fingerprint density at radius 2 is 2.33 bits per heavy atom. The lowest BCUT2D eigenvalue weighted by Gasteiger charge is -2.10. The Balaban J connectivity index is 2.81. The van der Waals surface area contributed by atoms with Gasteiger partial charge in [0.1, 0.15) is 0 Å². The van der Waals surface area contributed by atoms with E-state index in [9.17, 15) is 9.18 Å². The molecule has 0 radical (unpaired) electrons. The first-order valence-electron chi connectivity index (χ1n) is 4.51. The summed E-state index contributed by atoms with van der Waals surface area (Å²) >= 11 is 5.56. The summed E-state index contributed by atoms with van der Waals surface area (Å²) in [6.07, 6.45) is 0. The van der Waals surface area contributed by atoms with Gasteiger partial charge < -0.3 is 11.1 Å². The monoisotopic (exact) mass is 230 g/mol. The molecular weight excluding hydrogens is 219 g/mol. The first kappa shape index (κ1) is 11.9. The number of anilines is 1. The van der Waals surface area contributed by atoms with Gasteiger partial charge in [0.05, 0.1) is 10.7 Å². The minimum Gasteiger partial charge on any atom is -0.330 e. The van der Waals surface area contributed by atoms with E-state index in [0.29, 0.717) is 0 Å². The summed E-state index contributed by atoms with van der Waals surface area (Å²) in [5.74, 6) is -1.31. The van der Waals surface area contributed by atoms with Gasteiger partial charge in [-0.05, 0) is 12.1 Å². The third-order valence-electron chi connectivity index (χ3n) is 2.01. The normalized spacial score (nSPS) is 12.3. The van der Waals surface area contributed by atoms with Crippen LogP contribution in [0.15, 0.2) is 18.2 Å². The Hall–Kier alpha value is -1.13. The molecule has 0 aliphatic rings. The van der Waals surface area contributed by atoms with Crippen LogP contribution in [0.1, 0.15) is 6.92 Å². The molecule has 0 aromatic heterocycles. The third-order valence-corrected chi connectivity index (χ3v) is 2.30. The average Bonchev–Trinajstić information content (AvgIpc) is 2.23. The van der Waals surface area contributed by atoms with Crippen molar-refractivity contribution in [2.75, 3.05) is 11.9 Å². The zero-order chi connectivity index (χ0) is 11.4. The highest BCUT2D eigenvalue weighted by Crippen LogP contribution is 2.22. The number of carbonyl (C=O) groups is 1. The van der Waals surface area contributed by atoms with E-state index in [-0.39, 0.29) is 29.1 Å². The van der Waals surface area contributed by atoms with Crippen molar-refractivity contribution in [2.24, 2.45) is 11.7 Å². The largest absolute Gasteiger partial charge is 0.330 e. The first-order chi connectivity index (χ1) is 7.06. The Kier molecular flexibility index (Phi) is 4.05. The molecule has 1 amide bonds. The summed E-state index contributed by atoms with van der Waals surface area (Å²) in [4.78, 5) is 11.4. The van der Waals surface area contributed by atoms with Crippen molar-refractivity contribution in [3.8, 4) is 0 Å². The van der Waals surface area contributed by atoms with Crippen LogP contribution < -0.4 is 11.1 Å². The molecule has 3 N–H and O–H groups in total. The fourth-order valence-corrected chi connectivity index (χ4v) is 1.14. The predicted octanol–water partition coefficient (Wildman–Crippen LogP) is 2.01. The molecule has 0 spiro atoms. The summed E-state index contributed by atoms with van der Waals surface area (Å²) in [5, 5.41) is 2.40. The van der Waals surface area contributed by atoms with Crippen molar-refractivity contribution >= 4 is 23.2 Å². The molecular formula is C10H12ClFN2O. The molecule has 0 saturated heterocycles. The molecule has 0 heterocycles. The standard InChI is InChI=1S/C10H12ClFN2O/c1-6(5-13)10(15)14-8-4-2-3-7(11)9(8)12/h2-4,6H,5,13H2,1H3,(H,14,15). The second-order valence-corrected chi connectivity index (χ2v) is 3.63. The van der Waals surface area contributed by atoms with Gasteiger partial charge in [0.2, 0.25) is 5.91 Å². The lowest BCUT2D eigenvalue weighted by Crippen LogP contribution is -2.27. The molecule has 0 aliphatic heterocycles. The second kappa shape index (κ2) is 5.09. The molecule has 0 saturated carbocycles. The zero-order valence-corrected chi connectivity index (χ0v) is 9.01. The number of halogens is 2. The summed E-state index contributed by atoms with van der Waals surface area (Å²) in [6, 6.07) is 4.43. The Labute approximate surface area is 92.4 Å². The third kappa shape index (κ3) is 2.91. The minimum atomic E-state index is -0.628. The van der Waals surface area contributed by atoms with Gasteiger partial charge in [0.25, 0.3) is 0 Å². The number of amides is 1. The first-order valence-corrected chi connectivity index (χ1v) is 4.89. The van der Waals surface area contributed by atoms with E-state index in [1.165, 1.54) is 12.1 Å². The van der Waals surface area contributed by atoms with E-state index in [0.717, 1.165) is 0 Å². The van der Waals surface area contributed by atoms with Crippen LogP contribution in [0.25, 0.3) is 0 Å². The van der Waals surface area contributed by atoms with Crippen LogP contribution in [0.3, 0.4) is 0 Å². The van der Waals surface area contributed by atoms with Crippen molar-refractivity contribution in [3.63, 3.8) is 0 Å². The molecule has 3 nitrogen and oxygen atoms in total. The number of nitrogens with two attached hydrogens (primary N) is 1. The van der Waals surface area contributed by atoms with Crippen molar-refractivity contribution < 1.29 is 9.18 Å². The van der Waals surface area contributed by atoms with Crippen LogP contribution in [0.5, 0.6) is 0 Å². The lowest BCUT2D eigenvalue weighted by atomic mass is 10.1. The minimum absolute atomic E-state index is 0.0202. The molecule has 1 unspecified atom stereocenters. The number of rotatable bonds is 3. The molecule has 15 heavy (non-hydrogen) atoms. The van der Waals surface area contributed by atoms with Gasteiger partial charge >= 0.3 is 0 Å². The number of benzene rings is 1. The van der Waals surface area contributed by atoms with Gasteiger partial charge in [0.15, 0.2) is 5.82 Å². The summed E-state index contributed by atoms with van der Waals surface area (Å²) in [7, 11) is 0. The van der Waals surface area contributed by atoms with Crippen molar-refractivity contribution in [1.82, 2.24) is 0 Å². The molecule has 5 heteroatoms. The Bertz CT molecular complexity index is 370. The van der Waals surface area contributed by atoms with E-state index in [1.807, 2.05) is 0 Å². The topological polar surface area (TPSA) is 55.1 Å². The lowest BCUT2D eigenvalue weighted by molar-refractivity contribution is -0.119. The van der Waals surface area contributed by atoms with Crippen molar-refractivity contribution in [2.45, 2.75) is 6.92 Å². The average molecular weight is 231 g/mol. The maximum atomic E-state index is 13.4. The molecule has 82 valence electrons. The molecule has 1 aromatic carbocycles. The quantitative estimate of drug-likeness (QED) is 0.835. The Morgan fingerprint density at radius 1 is 1.67 bits per heavy atom. The highest BCUT2D eigenvalue weighted by Gasteiger charge is 2.14. The highest BCUT2D eigenvalue weighted by atomic mass is 35.5. The van der Waals surface area contributed by atoms with E-state index in [4.69, 9.17) is 17.3 Å². The van der Waals surface area contributed by atoms with Gasteiger partial charge in [-0.3, -0.25) is 4.79 Å². The van der Waals surface area contributed by atoms with Crippen LogP contribution in [-0.2, 0) is 4.79 Å². The maximum absolute atomic E-state index is 13.4. The van der Waals surface area contributed by atoms with E-state index in [2.05, 4.69) is 5.32 Å². The molecule has 0 bridgehead atoms. The van der Waals surface area contributed by atoms with Crippen LogP contribution >= 0.6 is 11.6 Å². The van der Waals surface area contributed by atoms with Gasteiger partial charge in [-0.25, -0.2) is 4.39 Å². The van der Waals surface area contributed by atoms with Gasteiger partial charge in [-0.1, -0.05) is 24.6 Å². The van der Waals surface area contributed by atoms with Crippen LogP contribution in [-0.4, -0.2) is 12.5 Å². The van der Waals surface area contributed by atoms with E-state index < -0.39 is 5.82 Å².